The minimum absolute atomic E-state index is 0.00504. The van der Waals surface area contributed by atoms with E-state index in [0.717, 1.165) is 37.9 Å². The van der Waals surface area contributed by atoms with Crippen LogP contribution in [0.3, 0.4) is 0 Å². The molecule has 0 aliphatic carbocycles. The predicted molar refractivity (Wildman–Crippen MR) is 116 cm³/mol. The van der Waals surface area contributed by atoms with Gasteiger partial charge in [0.25, 0.3) is 0 Å². The Bertz CT molecular complexity index is 788. The first-order valence-corrected chi connectivity index (χ1v) is 11.1. The van der Waals surface area contributed by atoms with Crippen molar-refractivity contribution in [2.24, 2.45) is 0 Å². The zero-order chi connectivity index (χ0) is 21.3. The van der Waals surface area contributed by atoms with Crippen LogP contribution in [0.2, 0.25) is 0 Å². The van der Waals surface area contributed by atoms with Crippen LogP contribution in [0, 0.1) is 0 Å². The Morgan fingerprint density at radius 3 is 2.83 bits per heavy atom. The van der Waals surface area contributed by atoms with Crippen LogP contribution in [0.15, 0.2) is 28.8 Å². The van der Waals surface area contributed by atoms with Gasteiger partial charge in [0.05, 0.1) is 6.61 Å². The van der Waals surface area contributed by atoms with E-state index < -0.39 is 0 Å². The van der Waals surface area contributed by atoms with Gasteiger partial charge in [0.2, 0.25) is 17.6 Å². The molecule has 1 aliphatic heterocycles. The number of aliphatic hydroxyl groups excluding tert-OH is 1. The molecule has 7 heteroatoms. The van der Waals surface area contributed by atoms with Gasteiger partial charge in [-0.2, -0.15) is 4.98 Å². The Hall–Kier alpha value is -2.25. The second-order valence-corrected chi connectivity index (χ2v) is 8.36. The molecule has 1 amide bonds. The van der Waals surface area contributed by atoms with E-state index in [4.69, 9.17) is 4.52 Å². The van der Waals surface area contributed by atoms with E-state index >= 15 is 0 Å². The lowest BCUT2D eigenvalue weighted by atomic mass is 10.0. The predicted octanol–water partition coefficient (Wildman–Crippen LogP) is 3.15. The van der Waals surface area contributed by atoms with Crippen molar-refractivity contribution in [3.05, 3.63) is 35.7 Å². The van der Waals surface area contributed by atoms with Crippen LogP contribution in [0.25, 0.3) is 11.4 Å². The smallest absolute Gasteiger partial charge is 0.227 e. The first kappa shape index (κ1) is 22.4. The van der Waals surface area contributed by atoms with E-state index in [-0.39, 0.29) is 12.5 Å². The molecule has 2 N–H and O–H groups in total. The summed E-state index contributed by atoms with van der Waals surface area (Å²) in [6.45, 7) is 7.31. The number of hydrogen-bond acceptors (Lipinski definition) is 6. The van der Waals surface area contributed by atoms with Crippen LogP contribution in [0.4, 0.5) is 0 Å². The number of carbonyl (C=O) groups excluding carboxylic acids is 1. The average Bonchev–Trinajstić information content (AvgIpc) is 3.41. The van der Waals surface area contributed by atoms with Gasteiger partial charge in [-0.3, -0.25) is 9.69 Å². The molecule has 164 valence electrons. The lowest BCUT2D eigenvalue weighted by Crippen LogP contribution is -2.33. The maximum Gasteiger partial charge on any atom is 0.227 e. The van der Waals surface area contributed by atoms with E-state index in [1.807, 2.05) is 12.1 Å². The van der Waals surface area contributed by atoms with Crippen molar-refractivity contribution in [3.63, 3.8) is 0 Å². The summed E-state index contributed by atoms with van der Waals surface area (Å²) in [6, 6.07) is 8.49. The van der Waals surface area contributed by atoms with Gasteiger partial charge >= 0.3 is 0 Å². The fourth-order valence-corrected chi connectivity index (χ4v) is 3.86. The summed E-state index contributed by atoms with van der Waals surface area (Å²) in [5.74, 6) is 1.53. The summed E-state index contributed by atoms with van der Waals surface area (Å²) in [6.07, 6.45) is 5.01. The van der Waals surface area contributed by atoms with E-state index in [1.54, 1.807) is 0 Å². The fraction of sp³-hybridized carbons (Fsp3) is 0.609. The topological polar surface area (TPSA) is 91.5 Å². The minimum atomic E-state index is 0.00504. The number of unbranched alkanes of at least 4 members (excludes halogenated alkanes) is 1. The fourth-order valence-electron chi connectivity index (χ4n) is 3.86. The van der Waals surface area contributed by atoms with Crippen LogP contribution in [-0.2, 0) is 11.2 Å². The molecule has 2 heterocycles. The lowest BCUT2D eigenvalue weighted by molar-refractivity contribution is -0.121. The van der Waals surface area contributed by atoms with Crippen molar-refractivity contribution in [3.8, 4) is 11.4 Å². The standard InChI is InChI=1S/C23H34N4O3/c1-17(2)18-7-9-19(10-8-18)23-25-22(30-26-23)12-11-21(29)24-13-3-4-14-27-15-5-6-20(27)16-28/h7-10,17,20,28H,3-6,11-16H2,1-2H3,(H,24,29). The number of hydrogen-bond donors (Lipinski definition) is 2. The molecule has 3 rings (SSSR count). The number of benzene rings is 1. The molecule has 30 heavy (non-hydrogen) atoms. The van der Waals surface area contributed by atoms with Crippen LogP contribution in [0.5, 0.6) is 0 Å². The van der Waals surface area contributed by atoms with Gasteiger partial charge in [-0.15, -0.1) is 0 Å². The molecule has 1 aliphatic rings. The van der Waals surface area contributed by atoms with Crippen LogP contribution in [-0.4, -0.2) is 58.3 Å². The Kier molecular flexibility index (Phi) is 8.39. The molecule has 0 spiro atoms. The van der Waals surface area contributed by atoms with Crippen molar-refractivity contribution in [1.29, 1.82) is 0 Å². The summed E-state index contributed by atoms with van der Waals surface area (Å²) < 4.78 is 5.30. The number of aliphatic hydroxyl groups is 1. The number of nitrogens with one attached hydrogen (secondary N) is 1. The molecule has 2 aromatic rings. The van der Waals surface area contributed by atoms with E-state index in [9.17, 15) is 9.90 Å². The molecule has 1 unspecified atom stereocenters. The third kappa shape index (κ3) is 6.37. The number of nitrogens with zero attached hydrogens (tertiary/aromatic N) is 3. The van der Waals surface area contributed by atoms with Crippen molar-refractivity contribution < 1.29 is 14.4 Å². The molecule has 1 aromatic carbocycles. The lowest BCUT2D eigenvalue weighted by Gasteiger charge is -2.22. The summed E-state index contributed by atoms with van der Waals surface area (Å²) in [5, 5.41) is 16.3. The maximum atomic E-state index is 12.1. The molecule has 1 fully saturated rings. The van der Waals surface area contributed by atoms with Gasteiger partial charge in [-0.1, -0.05) is 43.3 Å². The first-order valence-electron chi connectivity index (χ1n) is 11.1. The van der Waals surface area contributed by atoms with Gasteiger partial charge in [-0.05, 0) is 50.3 Å². The van der Waals surface area contributed by atoms with Crippen LogP contribution in [0.1, 0.15) is 63.3 Å². The van der Waals surface area contributed by atoms with Crippen molar-refractivity contribution >= 4 is 5.91 Å². The molecule has 0 radical (unpaired) electrons. The summed E-state index contributed by atoms with van der Waals surface area (Å²) in [7, 11) is 0. The summed E-state index contributed by atoms with van der Waals surface area (Å²) in [5.41, 5.74) is 2.19. The second kappa shape index (κ2) is 11.2. The van der Waals surface area contributed by atoms with Crippen molar-refractivity contribution in [2.75, 3.05) is 26.2 Å². The summed E-state index contributed by atoms with van der Waals surface area (Å²) >= 11 is 0. The first-order chi connectivity index (χ1) is 14.6. The number of likely N-dealkylation sites (tertiary alicyclic amines) is 1. The average molecular weight is 415 g/mol. The Morgan fingerprint density at radius 1 is 1.30 bits per heavy atom. The van der Waals surface area contributed by atoms with E-state index in [0.29, 0.717) is 43.1 Å². The highest BCUT2D eigenvalue weighted by Gasteiger charge is 2.22. The quantitative estimate of drug-likeness (QED) is 0.549. The van der Waals surface area contributed by atoms with E-state index in [1.165, 1.54) is 12.0 Å². The van der Waals surface area contributed by atoms with Crippen molar-refractivity contribution in [1.82, 2.24) is 20.4 Å². The molecule has 0 bridgehead atoms. The Balaban J connectivity index is 1.33. The molecule has 1 atom stereocenters. The zero-order valence-electron chi connectivity index (χ0n) is 18.1. The molecule has 1 saturated heterocycles. The van der Waals surface area contributed by atoms with Gasteiger partial charge in [0, 0.05) is 31.0 Å². The van der Waals surface area contributed by atoms with Gasteiger partial charge < -0.3 is 14.9 Å². The third-order valence-corrected chi connectivity index (χ3v) is 5.77. The highest BCUT2D eigenvalue weighted by Crippen LogP contribution is 2.21. The minimum Gasteiger partial charge on any atom is -0.395 e. The maximum absolute atomic E-state index is 12.1. The summed E-state index contributed by atoms with van der Waals surface area (Å²) in [4.78, 5) is 18.8. The van der Waals surface area contributed by atoms with Crippen LogP contribution < -0.4 is 5.32 Å². The highest BCUT2D eigenvalue weighted by molar-refractivity contribution is 5.75. The number of carbonyl (C=O) groups is 1. The molecule has 1 aromatic heterocycles. The van der Waals surface area contributed by atoms with Gasteiger partial charge in [-0.25, -0.2) is 0 Å². The Morgan fingerprint density at radius 2 is 2.10 bits per heavy atom. The van der Waals surface area contributed by atoms with Gasteiger partial charge in [0.1, 0.15) is 0 Å². The number of rotatable bonds is 11. The highest BCUT2D eigenvalue weighted by atomic mass is 16.5. The normalized spacial score (nSPS) is 17.0. The molecule has 7 nitrogen and oxygen atoms in total. The van der Waals surface area contributed by atoms with Crippen molar-refractivity contribution in [2.45, 2.75) is 64.3 Å². The van der Waals surface area contributed by atoms with Gasteiger partial charge in [0.15, 0.2) is 0 Å². The van der Waals surface area contributed by atoms with Crippen LogP contribution >= 0.6 is 0 Å². The SMILES string of the molecule is CC(C)c1ccc(-c2noc(CCC(=O)NCCCCN3CCCC3CO)n2)cc1. The van der Waals surface area contributed by atoms with E-state index in [2.05, 4.69) is 46.3 Å². The zero-order valence-corrected chi connectivity index (χ0v) is 18.1. The number of aromatic nitrogens is 2. The molecular weight excluding hydrogens is 380 g/mol. The monoisotopic (exact) mass is 414 g/mol. The third-order valence-electron chi connectivity index (χ3n) is 5.77. The molecular formula is C23H34N4O3. The number of amides is 1. The molecule has 0 saturated carbocycles. The second-order valence-electron chi connectivity index (χ2n) is 8.36. The Labute approximate surface area is 178 Å². The number of aryl methyl sites for hydroxylation is 1. The largest absolute Gasteiger partial charge is 0.395 e.